The number of aromatic nitrogens is 2. The van der Waals surface area contributed by atoms with Crippen molar-refractivity contribution in [3.8, 4) is 0 Å². The van der Waals surface area contributed by atoms with Crippen molar-refractivity contribution in [2.24, 2.45) is 0 Å². The first-order valence-corrected chi connectivity index (χ1v) is 2.89. The monoisotopic (exact) mass is 142 g/mol. The molecule has 0 aliphatic carbocycles. The van der Waals surface area contributed by atoms with E-state index in [0.29, 0.717) is 13.1 Å². The van der Waals surface area contributed by atoms with E-state index in [1.165, 1.54) is 0 Å². The second kappa shape index (κ2) is 7.68. The molecule has 0 aliphatic rings. The standard InChI is InChI=1S/C3H4N2.C3H6O2/c1-2-5-3-4-1;1-2-5-3-4/h1-3H,(H,4,5);3H,2H2,1H3. The molecular formula is C6H10N2O2. The number of aromatic amines is 1. The molecule has 4 nitrogen and oxygen atoms in total. The molecule has 0 saturated heterocycles. The average Bonchev–Trinajstić information content (AvgIpc) is 2.44. The Bertz CT molecular complexity index is 122. The van der Waals surface area contributed by atoms with Crippen LogP contribution in [0.2, 0.25) is 0 Å². The highest BCUT2D eigenvalue weighted by molar-refractivity contribution is 5.36. The second-order valence-corrected chi connectivity index (χ2v) is 1.31. The minimum Gasteiger partial charge on any atom is -0.468 e. The number of nitrogens with one attached hydrogen (secondary N) is 1. The van der Waals surface area contributed by atoms with Gasteiger partial charge >= 0.3 is 0 Å². The van der Waals surface area contributed by atoms with Gasteiger partial charge in [-0.15, -0.1) is 0 Å². The highest BCUT2D eigenvalue weighted by Gasteiger charge is 1.60. The van der Waals surface area contributed by atoms with Gasteiger partial charge in [-0.2, -0.15) is 0 Å². The fourth-order valence-corrected chi connectivity index (χ4v) is 0.283. The van der Waals surface area contributed by atoms with Gasteiger partial charge in [0.2, 0.25) is 0 Å². The van der Waals surface area contributed by atoms with E-state index in [1.807, 2.05) is 0 Å². The van der Waals surface area contributed by atoms with Crippen LogP contribution in [0.1, 0.15) is 6.92 Å². The van der Waals surface area contributed by atoms with Crippen molar-refractivity contribution in [2.75, 3.05) is 6.61 Å². The van der Waals surface area contributed by atoms with Crippen LogP contribution >= 0.6 is 0 Å². The van der Waals surface area contributed by atoms with E-state index < -0.39 is 0 Å². The lowest BCUT2D eigenvalue weighted by Crippen LogP contribution is -1.80. The van der Waals surface area contributed by atoms with Gasteiger partial charge in [-0.05, 0) is 6.92 Å². The minimum atomic E-state index is 0.431. The lowest BCUT2D eigenvalue weighted by Gasteiger charge is -1.79. The summed E-state index contributed by atoms with van der Waals surface area (Å²) in [5, 5.41) is 0. The zero-order valence-electron chi connectivity index (χ0n) is 5.78. The van der Waals surface area contributed by atoms with Gasteiger partial charge in [0.25, 0.3) is 6.47 Å². The number of carbonyl (C=O) groups excluding carboxylic acids is 1. The molecule has 0 aromatic carbocycles. The Hall–Kier alpha value is -1.32. The molecule has 0 amide bonds. The molecule has 0 unspecified atom stereocenters. The Morgan fingerprint density at radius 1 is 1.80 bits per heavy atom. The summed E-state index contributed by atoms with van der Waals surface area (Å²) < 4.78 is 4.15. The molecule has 1 heterocycles. The summed E-state index contributed by atoms with van der Waals surface area (Å²) in [5.41, 5.74) is 0. The predicted octanol–water partition coefficient (Wildman–Crippen LogP) is 0.589. The van der Waals surface area contributed by atoms with E-state index in [0.717, 1.165) is 0 Å². The second-order valence-electron chi connectivity index (χ2n) is 1.31. The number of carbonyl (C=O) groups is 1. The van der Waals surface area contributed by atoms with E-state index in [1.54, 1.807) is 25.6 Å². The van der Waals surface area contributed by atoms with Crippen LogP contribution < -0.4 is 0 Å². The fourth-order valence-electron chi connectivity index (χ4n) is 0.283. The third-order valence-corrected chi connectivity index (χ3v) is 0.641. The Labute approximate surface area is 59.2 Å². The average molecular weight is 142 g/mol. The van der Waals surface area contributed by atoms with Crippen LogP contribution in [-0.2, 0) is 9.53 Å². The van der Waals surface area contributed by atoms with Crippen LogP contribution in [0.15, 0.2) is 18.7 Å². The number of ether oxygens (including phenoxy) is 1. The first kappa shape index (κ1) is 8.68. The van der Waals surface area contributed by atoms with E-state index in [-0.39, 0.29) is 0 Å². The van der Waals surface area contributed by atoms with Gasteiger partial charge in [0.05, 0.1) is 12.9 Å². The maximum absolute atomic E-state index is 9.18. The van der Waals surface area contributed by atoms with Gasteiger partial charge in [-0.1, -0.05) is 0 Å². The lowest BCUT2D eigenvalue weighted by atomic mass is 10.9. The molecular weight excluding hydrogens is 132 g/mol. The number of nitrogens with zero attached hydrogens (tertiary/aromatic N) is 1. The SMILES string of the molecule is CCOC=O.c1c[nH]cn1. The van der Waals surface area contributed by atoms with E-state index in [2.05, 4.69) is 14.7 Å². The number of rotatable bonds is 2. The van der Waals surface area contributed by atoms with Gasteiger partial charge < -0.3 is 9.72 Å². The molecule has 10 heavy (non-hydrogen) atoms. The molecule has 0 atom stereocenters. The summed E-state index contributed by atoms with van der Waals surface area (Å²) in [5.74, 6) is 0. The fraction of sp³-hybridized carbons (Fsp3) is 0.333. The van der Waals surface area contributed by atoms with Gasteiger partial charge in [0.15, 0.2) is 0 Å². The van der Waals surface area contributed by atoms with Crippen molar-refractivity contribution in [3.05, 3.63) is 18.7 Å². The zero-order chi connectivity index (χ0) is 7.66. The van der Waals surface area contributed by atoms with Crippen LogP contribution in [0.3, 0.4) is 0 Å². The van der Waals surface area contributed by atoms with Crippen LogP contribution in [0.5, 0.6) is 0 Å². The summed E-state index contributed by atoms with van der Waals surface area (Å²) in [4.78, 5) is 15.6. The first-order chi connectivity index (χ1) is 4.91. The molecule has 0 bridgehead atoms. The summed E-state index contributed by atoms with van der Waals surface area (Å²) in [6, 6.07) is 0. The Kier molecular flexibility index (Phi) is 6.67. The van der Waals surface area contributed by atoms with Gasteiger partial charge in [-0.3, -0.25) is 4.79 Å². The lowest BCUT2D eigenvalue weighted by molar-refractivity contribution is -0.128. The highest BCUT2D eigenvalue weighted by atomic mass is 16.5. The predicted molar refractivity (Wildman–Crippen MR) is 36.3 cm³/mol. The van der Waals surface area contributed by atoms with Crippen LogP contribution in [0, 0.1) is 0 Å². The molecule has 0 aliphatic heterocycles. The number of hydrogen-bond donors (Lipinski definition) is 1. The molecule has 0 fully saturated rings. The summed E-state index contributed by atoms with van der Waals surface area (Å²) in [6.45, 7) is 2.66. The van der Waals surface area contributed by atoms with Crippen LogP contribution in [0.4, 0.5) is 0 Å². The van der Waals surface area contributed by atoms with Crippen molar-refractivity contribution in [2.45, 2.75) is 6.92 Å². The van der Waals surface area contributed by atoms with E-state index in [9.17, 15) is 4.79 Å². The van der Waals surface area contributed by atoms with Gasteiger partial charge in [0.1, 0.15) is 0 Å². The summed E-state index contributed by atoms with van der Waals surface area (Å²) >= 11 is 0. The largest absolute Gasteiger partial charge is 0.468 e. The molecule has 1 aromatic heterocycles. The number of H-pyrrole nitrogens is 1. The number of hydrogen-bond acceptors (Lipinski definition) is 3. The highest BCUT2D eigenvalue weighted by Crippen LogP contribution is 1.62. The molecule has 4 heteroatoms. The van der Waals surface area contributed by atoms with Crippen molar-refractivity contribution in [1.82, 2.24) is 9.97 Å². The topological polar surface area (TPSA) is 55.0 Å². The molecule has 1 N–H and O–H groups in total. The van der Waals surface area contributed by atoms with Crippen molar-refractivity contribution < 1.29 is 9.53 Å². The van der Waals surface area contributed by atoms with Crippen molar-refractivity contribution >= 4 is 6.47 Å². The molecule has 1 aromatic rings. The minimum absolute atomic E-state index is 0.431. The van der Waals surface area contributed by atoms with Crippen molar-refractivity contribution in [3.63, 3.8) is 0 Å². The maximum atomic E-state index is 9.18. The quantitative estimate of drug-likeness (QED) is 0.615. The zero-order valence-corrected chi connectivity index (χ0v) is 5.78. The smallest absolute Gasteiger partial charge is 0.293 e. The molecule has 56 valence electrons. The third kappa shape index (κ3) is 6.68. The van der Waals surface area contributed by atoms with Gasteiger partial charge in [0, 0.05) is 12.4 Å². The van der Waals surface area contributed by atoms with Crippen LogP contribution in [-0.4, -0.2) is 23.0 Å². The normalized spacial score (nSPS) is 7.30. The summed E-state index contributed by atoms with van der Waals surface area (Å²) in [6.07, 6.45) is 5.08. The van der Waals surface area contributed by atoms with E-state index in [4.69, 9.17) is 0 Å². The molecule has 0 radical (unpaired) electrons. The van der Waals surface area contributed by atoms with E-state index >= 15 is 0 Å². The third-order valence-electron chi connectivity index (χ3n) is 0.641. The number of imidazole rings is 1. The van der Waals surface area contributed by atoms with Crippen molar-refractivity contribution in [1.29, 1.82) is 0 Å². The maximum Gasteiger partial charge on any atom is 0.293 e. The Balaban J connectivity index is 0.000000162. The molecule has 0 spiro atoms. The Morgan fingerprint density at radius 2 is 2.60 bits per heavy atom. The molecule has 1 rings (SSSR count). The summed E-state index contributed by atoms with van der Waals surface area (Å²) in [7, 11) is 0. The Morgan fingerprint density at radius 3 is 2.70 bits per heavy atom. The molecule has 0 saturated carbocycles. The first-order valence-electron chi connectivity index (χ1n) is 2.89. The van der Waals surface area contributed by atoms with Gasteiger partial charge in [-0.25, -0.2) is 4.98 Å². The van der Waals surface area contributed by atoms with Crippen LogP contribution in [0.25, 0.3) is 0 Å².